The summed E-state index contributed by atoms with van der Waals surface area (Å²) in [6.45, 7) is 1.86. The molecule has 0 saturated heterocycles. The number of hydrogen-bond acceptors (Lipinski definition) is 2. The van der Waals surface area contributed by atoms with Crippen LogP contribution in [0.25, 0.3) is 0 Å². The summed E-state index contributed by atoms with van der Waals surface area (Å²) >= 11 is 0. The molecule has 1 atom stereocenters. The Hall–Kier alpha value is -1.95. The van der Waals surface area contributed by atoms with Gasteiger partial charge in [0, 0.05) is 11.3 Å². The molecule has 0 fully saturated rings. The number of hydrogen-bond donors (Lipinski definition) is 2. The first-order valence-corrected chi connectivity index (χ1v) is 4.26. The van der Waals surface area contributed by atoms with Crippen LogP contribution in [0.3, 0.4) is 0 Å². The molecule has 3 N–H and O–H groups in total. The third-order valence-electron chi connectivity index (χ3n) is 1.78. The molecule has 72 valence electrons. The van der Waals surface area contributed by atoms with Gasteiger partial charge in [-0.15, -0.1) is 6.42 Å². The molecule has 0 heterocycles. The van der Waals surface area contributed by atoms with E-state index in [1.807, 2.05) is 13.0 Å². The van der Waals surface area contributed by atoms with Crippen molar-refractivity contribution in [3.63, 3.8) is 0 Å². The number of terminal acetylenes is 1. The molecule has 1 aromatic carbocycles. The van der Waals surface area contributed by atoms with Gasteiger partial charge in [-0.2, -0.15) is 0 Å². The minimum atomic E-state index is -0.443. The second-order valence-electron chi connectivity index (χ2n) is 2.98. The van der Waals surface area contributed by atoms with Crippen molar-refractivity contribution in [2.24, 2.45) is 5.73 Å². The lowest BCUT2D eigenvalue weighted by molar-refractivity contribution is 0.100. The Balaban J connectivity index is 2.85. The number of primary amides is 1. The van der Waals surface area contributed by atoms with Crippen LogP contribution in [0.4, 0.5) is 5.69 Å². The van der Waals surface area contributed by atoms with E-state index in [1.165, 1.54) is 0 Å². The van der Waals surface area contributed by atoms with E-state index in [1.54, 1.807) is 18.2 Å². The van der Waals surface area contributed by atoms with Gasteiger partial charge >= 0.3 is 0 Å². The van der Waals surface area contributed by atoms with Crippen LogP contribution in [0, 0.1) is 12.3 Å². The highest BCUT2D eigenvalue weighted by Crippen LogP contribution is 2.10. The summed E-state index contributed by atoms with van der Waals surface area (Å²) in [5.74, 6) is 2.09. The van der Waals surface area contributed by atoms with Crippen LogP contribution in [-0.4, -0.2) is 11.9 Å². The predicted octanol–water partition coefficient (Wildman–Crippen LogP) is 1.22. The Morgan fingerprint density at radius 1 is 1.64 bits per heavy atom. The second-order valence-corrected chi connectivity index (χ2v) is 2.98. The van der Waals surface area contributed by atoms with E-state index in [2.05, 4.69) is 11.2 Å². The van der Waals surface area contributed by atoms with E-state index in [0.29, 0.717) is 5.56 Å². The van der Waals surface area contributed by atoms with E-state index in [9.17, 15) is 4.79 Å². The third kappa shape index (κ3) is 2.53. The van der Waals surface area contributed by atoms with Gasteiger partial charge in [0.25, 0.3) is 0 Å². The number of carbonyl (C=O) groups is 1. The quantitative estimate of drug-likeness (QED) is 0.701. The van der Waals surface area contributed by atoms with Gasteiger partial charge in [-0.05, 0) is 25.1 Å². The Labute approximate surface area is 83.3 Å². The fourth-order valence-electron chi connectivity index (χ4n) is 1.05. The maximum absolute atomic E-state index is 10.9. The molecule has 0 aliphatic heterocycles. The topological polar surface area (TPSA) is 55.1 Å². The fourth-order valence-corrected chi connectivity index (χ4v) is 1.05. The molecule has 1 amide bonds. The molecule has 0 saturated carbocycles. The van der Waals surface area contributed by atoms with E-state index < -0.39 is 5.91 Å². The fraction of sp³-hybridized carbons (Fsp3) is 0.182. The van der Waals surface area contributed by atoms with Crippen molar-refractivity contribution >= 4 is 11.6 Å². The van der Waals surface area contributed by atoms with Crippen molar-refractivity contribution in [1.82, 2.24) is 0 Å². The average molecular weight is 188 g/mol. The molecule has 1 rings (SSSR count). The molecule has 14 heavy (non-hydrogen) atoms. The highest BCUT2D eigenvalue weighted by molar-refractivity contribution is 5.93. The maximum Gasteiger partial charge on any atom is 0.248 e. The number of amides is 1. The molecule has 0 aliphatic rings. The van der Waals surface area contributed by atoms with Crippen molar-refractivity contribution in [1.29, 1.82) is 0 Å². The van der Waals surface area contributed by atoms with Gasteiger partial charge in [-0.1, -0.05) is 12.0 Å². The Kier molecular flexibility index (Phi) is 3.14. The summed E-state index contributed by atoms with van der Waals surface area (Å²) in [7, 11) is 0. The Morgan fingerprint density at radius 3 is 2.93 bits per heavy atom. The SMILES string of the molecule is C#CC(C)Nc1cccc(C(N)=O)c1. The largest absolute Gasteiger partial charge is 0.372 e. The molecular weight excluding hydrogens is 176 g/mol. The van der Waals surface area contributed by atoms with Crippen LogP contribution in [0.5, 0.6) is 0 Å². The number of nitrogens with one attached hydrogen (secondary N) is 1. The minimum absolute atomic E-state index is 0.0712. The lowest BCUT2D eigenvalue weighted by atomic mass is 10.2. The van der Waals surface area contributed by atoms with Crippen LogP contribution in [-0.2, 0) is 0 Å². The Morgan fingerprint density at radius 2 is 2.36 bits per heavy atom. The van der Waals surface area contributed by atoms with Crippen LogP contribution in [0.1, 0.15) is 17.3 Å². The number of anilines is 1. The molecule has 0 spiro atoms. The Bertz CT molecular complexity index is 379. The van der Waals surface area contributed by atoms with Crippen LogP contribution in [0.15, 0.2) is 24.3 Å². The smallest absolute Gasteiger partial charge is 0.248 e. The van der Waals surface area contributed by atoms with Gasteiger partial charge in [0.2, 0.25) is 5.91 Å². The van der Waals surface area contributed by atoms with E-state index in [-0.39, 0.29) is 6.04 Å². The van der Waals surface area contributed by atoms with E-state index in [0.717, 1.165) is 5.69 Å². The predicted molar refractivity (Wildman–Crippen MR) is 56.9 cm³/mol. The van der Waals surface area contributed by atoms with Crippen LogP contribution < -0.4 is 11.1 Å². The maximum atomic E-state index is 10.9. The summed E-state index contributed by atoms with van der Waals surface area (Å²) in [6.07, 6.45) is 5.21. The monoisotopic (exact) mass is 188 g/mol. The highest BCUT2D eigenvalue weighted by atomic mass is 16.1. The summed E-state index contributed by atoms with van der Waals surface area (Å²) in [4.78, 5) is 10.9. The van der Waals surface area contributed by atoms with Crippen molar-refractivity contribution in [2.45, 2.75) is 13.0 Å². The van der Waals surface area contributed by atoms with Crippen LogP contribution >= 0.6 is 0 Å². The van der Waals surface area contributed by atoms with E-state index >= 15 is 0 Å². The van der Waals surface area contributed by atoms with Gasteiger partial charge < -0.3 is 11.1 Å². The molecule has 0 aliphatic carbocycles. The zero-order chi connectivity index (χ0) is 10.6. The molecule has 3 nitrogen and oxygen atoms in total. The lowest BCUT2D eigenvalue weighted by Crippen LogP contribution is -2.14. The number of carbonyl (C=O) groups excluding carboxylic acids is 1. The first-order chi connectivity index (χ1) is 6.63. The molecule has 1 unspecified atom stereocenters. The lowest BCUT2D eigenvalue weighted by Gasteiger charge is -2.09. The third-order valence-corrected chi connectivity index (χ3v) is 1.78. The average Bonchev–Trinajstić information content (AvgIpc) is 2.18. The van der Waals surface area contributed by atoms with Gasteiger partial charge in [0.05, 0.1) is 6.04 Å². The van der Waals surface area contributed by atoms with Crippen LogP contribution in [0.2, 0.25) is 0 Å². The van der Waals surface area contributed by atoms with Gasteiger partial charge in [0.15, 0.2) is 0 Å². The normalized spacial score (nSPS) is 11.4. The first kappa shape index (κ1) is 10.1. The molecule has 0 aromatic heterocycles. The number of rotatable bonds is 3. The standard InChI is InChI=1S/C11H12N2O/c1-3-8(2)13-10-6-4-5-9(7-10)11(12)14/h1,4-8,13H,2H3,(H2,12,14). The molecule has 3 heteroatoms. The van der Waals surface area contributed by atoms with Crippen molar-refractivity contribution < 1.29 is 4.79 Å². The molecule has 1 aromatic rings. The van der Waals surface area contributed by atoms with Gasteiger partial charge in [0.1, 0.15) is 0 Å². The number of benzene rings is 1. The van der Waals surface area contributed by atoms with Crippen molar-refractivity contribution in [2.75, 3.05) is 5.32 Å². The zero-order valence-electron chi connectivity index (χ0n) is 7.95. The van der Waals surface area contributed by atoms with Crippen molar-refractivity contribution in [3.05, 3.63) is 29.8 Å². The minimum Gasteiger partial charge on any atom is -0.372 e. The second kappa shape index (κ2) is 4.33. The summed E-state index contributed by atoms with van der Waals surface area (Å²) in [5.41, 5.74) is 6.41. The summed E-state index contributed by atoms with van der Waals surface area (Å²) < 4.78 is 0. The molecule has 0 radical (unpaired) electrons. The summed E-state index contributed by atoms with van der Waals surface area (Å²) in [5, 5.41) is 3.04. The highest BCUT2D eigenvalue weighted by Gasteiger charge is 2.02. The van der Waals surface area contributed by atoms with Crippen molar-refractivity contribution in [3.8, 4) is 12.3 Å². The first-order valence-electron chi connectivity index (χ1n) is 4.26. The van der Waals surface area contributed by atoms with E-state index in [4.69, 9.17) is 12.2 Å². The molecule has 0 bridgehead atoms. The van der Waals surface area contributed by atoms with Gasteiger partial charge in [-0.3, -0.25) is 4.79 Å². The van der Waals surface area contributed by atoms with Gasteiger partial charge in [-0.25, -0.2) is 0 Å². The summed E-state index contributed by atoms with van der Waals surface area (Å²) in [6, 6.07) is 6.86. The zero-order valence-corrected chi connectivity index (χ0v) is 7.95. The number of nitrogens with two attached hydrogens (primary N) is 1. The molecular formula is C11H12N2O.